The highest BCUT2D eigenvalue weighted by atomic mass is 35.5. The standard InChI is InChI=1S/C10H13NO.C9H12N2O.ClH/c1-8(10(12)11-2)9-6-4-3-5-7-9;1-11-9(12)8(10)7-5-3-2-4-6-7;/h3-8H,1-2H3,(H,11,12);2-6,8H,10H2,1H3,(H,11,12);1H/t2*8-;/m00./s1. The maximum absolute atomic E-state index is 11.2. The van der Waals surface area contributed by atoms with Crippen LogP contribution < -0.4 is 16.4 Å². The summed E-state index contributed by atoms with van der Waals surface area (Å²) in [7, 11) is 3.23. The van der Waals surface area contributed by atoms with Crippen LogP contribution in [0.4, 0.5) is 0 Å². The molecule has 2 aromatic carbocycles. The molecule has 0 heterocycles. The van der Waals surface area contributed by atoms with E-state index in [0.717, 1.165) is 11.1 Å². The van der Waals surface area contributed by atoms with E-state index >= 15 is 0 Å². The van der Waals surface area contributed by atoms with Crippen LogP contribution in [0.2, 0.25) is 0 Å². The number of rotatable bonds is 4. The third-order valence-corrected chi connectivity index (χ3v) is 3.63. The normalized spacial score (nSPS) is 11.7. The minimum absolute atomic E-state index is 0. The van der Waals surface area contributed by atoms with Crippen molar-refractivity contribution in [2.75, 3.05) is 14.1 Å². The molecule has 0 saturated carbocycles. The van der Waals surface area contributed by atoms with Crippen LogP contribution in [0, 0.1) is 0 Å². The number of amides is 2. The highest BCUT2D eigenvalue weighted by Gasteiger charge is 2.12. The molecule has 136 valence electrons. The molecule has 2 aromatic rings. The molecular formula is C19H26ClN3O2. The van der Waals surface area contributed by atoms with E-state index in [-0.39, 0.29) is 30.1 Å². The second-order valence-corrected chi connectivity index (χ2v) is 5.25. The fraction of sp³-hybridized carbons (Fsp3) is 0.263. The Morgan fingerprint density at radius 1 is 0.800 bits per heavy atom. The summed E-state index contributed by atoms with van der Waals surface area (Å²) < 4.78 is 0. The number of nitrogens with two attached hydrogens (primary N) is 1. The largest absolute Gasteiger partial charge is 0.359 e. The molecule has 4 N–H and O–H groups in total. The summed E-state index contributed by atoms with van der Waals surface area (Å²) in [6.07, 6.45) is 0. The third-order valence-electron chi connectivity index (χ3n) is 3.63. The van der Waals surface area contributed by atoms with Gasteiger partial charge in [-0.1, -0.05) is 60.7 Å². The molecule has 6 heteroatoms. The Hall–Kier alpha value is -2.37. The lowest BCUT2D eigenvalue weighted by Gasteiger charge is -2.09. The van der Waals surface area contributed by atoms with E-state index < -0.39 is 6.04 Å². The molecule has 0 aliphatic carbocycles. The molecule has 5 nitrogen and oxygen atoms in total. The van der Waals surface area contributed by atoms with E-state index in [1.807, 2.05) is 67.6 Å². The van der Waals surface area contributed by atoms with Crippen LogP contribution >= 0.6 is 12.4 Å². The zero-order valence-corrected chi connectivity index (χ0v) is 15.5. The average Bonchev–Trinajstić information content (AvgIpc) is 2.67. The molecule has 2 atom stereocenters. The SMILES string of the molecule is CNC(=O)[C@@H](C)c1ccccc1.CNC(=O)[C@@H](N)c1ccccc1.Cl. The first kappa shape index (κ1) is 22.6. The molecule has 2 rings (SSSR count). The fourth-order valence-electron chi connectivity index (χ4n) is 2.08. The summed E-state index contributed by atoms with van der Waals surface area (Å²) in [6, 6.07) is 18.5. The molecule has 0 bridgehead atoms. The van der Waals surface area contributed by atoms with Gasteiger partial charge in [-0.3, -0.25) is 9.59 Å². The van der Waals surface area contributed by atoms with Crippen molar-refractivity contribution < 1.29 is 9.59 Å². The summed E-state index contributed by atoms with van der Waals surface area (Å²) >= 11 is 0. The number of carbonyl (C=O) groups is 2. The van der Waals surface area contributed by atoms with Crippen molar-refractivity contribution in [3.05, 3.63) is 71.8 Å². The molecule has 0 radical (unpaired) electrons. The van der Waals surface area contributed by atoms with Crippen molar-refractivity contribution in [3.63, 3.8) is 0 Å². The van der Waals surface area contributed by atoms with Gasteiger partial charge in [-0.15, -0.1) is 12.4 Å². The van der Waals surface area contributed by atoms with Crippen molar-refractivity contribution in [1.82, 2.24) is 10.6 Å². The maximum atomic E-state index is 11.2. The predicted octanol–water partition coefficient (Wildman–Crippen LogP) is 2.39. The Kier molecular flexibility index (Phi) is 10.9. The van der Waals surface area contributed by atoms with Crippen LogP contribution in [0.25, 0.3) is 0 Å². The summed E-state index contributed by atoms with van der Waals surface area (Å²) in [6.45, 7) is 1.90. The molecular weight excluding hydrogens is 338 g/mol. The van der Waals surface area contributed by atoms with Crippen molar-refractivity contribution in [2.24, 2.45) is 5.73 Å². The Morgan fingerprint density at radius 3 is 1.60 bits per heavy atom. The number of carbonyl (C=O) groups excluding carboxylic acids is 2. The van der Waals surface area contributed by atoms with Crippen molar-refractivity contribution in [3.8, 4) is 0 Å². The minimum atomic E-state index is -0.559. The van der Waals surface area contributed by atoms with E-state index in [1.54, 1.807) is 14.1 Å². The van der Waals surface area contributed by atoms with Gasteiger partial charge in [0, 0.05) is 14.1 Å². The van der Waals surface area contributed by atoms with Crippen LogP contribution in [0.1, 0.15) is 30.0 Å². The molecule has 0 aliphatic rings. The third kappa shape index (κ3) is 7.37. The van der Waals surface area contributed by atoms with Gasteiger partial charge in [-0.2, -0.15) is 0 Å². The number of hydrogen-bond donors (Lipinski definition) is 3. The summed E-state index contributed by atoms with van der Waals surface area (Å²) in [4.78, 5) is 22.3. The van der Waals surface area contributed by atoms with E-state index in [2.05, 4.69) is 10.6 Å². The van der Waals surface area contributed by atoms with E-state index in [0.29, 0.717) is 0 Å². The molecule has 25 heavy (non-hydrogen) atoms. The molecule has 0 aliphatic heterocycles. The second-order valence-electron chi connectivity index (χ2n) is 5.25. The fourth-order valence-corrected chi connectivity index (χ4v) is 2.08. The van der Waals surface area contributed by atoms with Crippen LogP contribution in [0.5, 0.6) is 0 Å². The monoisotopic (exact) mass is 363 g/mol. The molecule has 0 saturated heterocycles. The van der Waals surface area contributed by atoms with Crippen LogP contribution in [-0.2, 0) is 9.59 Å². The van der Waals surface area contributed by atoms with Crippen LogP contribution in [0.15, 0.2) is 60.7 Å². The Morgan fingerprint density at radius 2 is 1.20 bits per heavy atom. The molecule has 2 amide bonds. The van der Waals surface area contributed by atoms with Gasteiger partial charge in [0.2, 0.25) is 11.8 Å². The first-order chi connectivity index (χ1) is 11.5. The van der Waals surface area contributed by atoms with Crippen molar-refractivity contribution >= 4 is 24.2 Å². The number of likely N-dealkylation sites (N-methyl/N-ethyl adjacent to an activating group) is 2. The molecule has 0 unspecified atom stereocenters. The minimum Gasteiger partial charge on any atom is -0.359 e. The number of hydrogen-bond acceptors (Lipinski definition) is 3. The summed E-state index contributed by atoms with van der Waals surface area (Å²) in [5.74, 6) is -0.168. The zero-order valence-electron chi connectivity index (χ0n) is 14.7. The maximum Gasteiger partial charge on any atom is 0.241 e. The summed E-state index contributed by atoms with van der Waals surface area (Å²) in [5.41, 5.74) is 7.52. The van der Waals surface area contributed by atoms with Crippen LogP contribution in [-0.4, -0.2) is 25.9 Å². The van der Waals surface area contributed by atoms with Crippen molar-refractivity contribution in [2.45, 2.75) is 18.9 Å². The van der Waals surface area contributed by atoms with Gasteiger partial charge in [-0.25, -0.2) is 0 Å². The Balaban J connectivity index is 0.000000443. The second kappa shape index (κ2) is 12.1. The zero-order chi connectivity index (χ0) is 17.9. The highest BCUT2D eigenvalue weighted by molar-refractivity contribution is 5.85. The topological polar surface area (TPSA) is 84.2 Å². The van der Waals surface area contributed by atoms with E-state index in [4.69, 9.17) is 5.73 Å². The van der Waals surface area contributed by atoms with E-state index in [1.165, 1.54) is 0 Å². The van der Waals surface area contributed by atoms with Gasteiger partial charge in [-0.05, 0) is 18.1 Å². The van der Waals surface area contributed by atoms with Gasteiger partial charge < -0.3 is 16.4 Å². The average molecular weight is 364 g/mol. The number of halogens is 1. The molecule has 0 aromatic heterocycles. The first-order valence-electron chi connectivity index (χ1n) is 7.79. The first-order valence-corrected chi connectivity index (χ1v) is 7.79. The predicted molar refractivity (Wildman–Crippen MR) is 104 cm³/mol. The number of benzene rings is 2. The van der Waals surface area contributed by atoms with Gasteiger partial charge in [0.25, 0.3) is 0 Å². The number of nitrogens with one attached hydrogen (secondary N) is 2. The van der Waals surface area contributed by atoms with Crippen molar-refractivity contribution in [1.29, 1.82) is 0 Å². The Labute approximate surface area is 155 Å². The van der Waals surface area contributed by atoms with Gasteiger partial charge in [0.15, 0.2) is 0 Å². The molecule has 0 spiro atoms. The van der Waals surface area contributed by atoms with Gasteiger partial charge in [0.1, 0.15) is 6.04 Å². The van der Waals surface area contributed by atoms with Gasteiger partial charge in [0.05, 0.1) is 5.92 Å². The summed E-state index contributed by atoms with van der Waals surface area (Å²) in [5, 5.41) is 5.12. The quantitative estimate of drug-likeness (QED) is 0.779. The van der Waals surface area contributed by atoms with E-state index in [9.17, 15) is 9.59 Å². The lowest BCUT2D eigenvalue weighted by molar-refractivity contribution is -0.122. The highest BCUT2D eigenvalue weighted by Crippen LogP contribution is 2.13. The van der Waals surface area contributed by atoms with Crippen LogP contribution in [0.3, 0.4) is 0 Å². The Bertz CT molecular complexity index is 578. The smallest absolute Gasteiger partial charge is 0.241 e. The lowest BCUT2D eigenvalue weighted by atomic mass is 10.0. The van der Waals surface area contributed by atoms with Gasteiger partial charge >= 0.3 is 0 Å². The molecule has 0 fully saturated rings. The lowest BCUT2D eigenvalue weighted by Crippen LogP contribution is -2.31.